The van der Waals surface area contributed by atoms with Gasteiger partial charge in [0.15, 0.2) is 11.5 Å². The average Bonchev–Trinajstić information content (AvgIpc) is 3.61. The summed E-state index contributed by atoms with van der Waals surface area (Å²) in [7, 11) is 0. The summed E-state index contributed by atoms with van der Waals surface area (Å²) in [5, 5.41) is 10.7. The average molecular weight is 544 g/mol. The van der Waals surface area contributed by atoms with E-state index in [4.69, 9.17) is 4.98 Å². The number of nitrogens with zero attached hydrogens (tertiary/aromatic N) is 4. The van der Waals surface area contributed by atoms with Crippen molar-refractivity contribution in [2.24, 2.45) is 0 Å². The number of carbonyl (C=O) groups is 1. The Morgan fingerprint density at radius 3 is 2.51 bits per heavy atom. The van der Waals surface area contributed by atoms with Crippen LogP contribution in [0.4, 0.5) is 14.5 Å². The number of amides is 1. The van der Waals surface area contributed by atoms with Gasteiger partial charge in [0.25, 0.3) is 5.91 Å². The van der Waals surface area contributed by atoms with Crippen LogP contribution in [0.25, 0.3) is 55.8 Å². The molecule has 7 aromatic rings. The molecule has 0 unspecified atom stereocenters. The number of pyridine rings is 2. The molecule has 0 aliphatic rings. The highest BCUT2D eigenvalue weighted by Crippen LogP contribution is 2.34. The lowest BCUT2D eigenvalue weighted by Crippen LogP contribution is -2.11. The van der Waals surface area contributed by atoms with Gasteiger partial charge in [-0.05, 0) is 48.0 Å². The highest BCUT2D eigenvalue weighted by molar-refractivity contribution is 6.04. The summed E-state index contributed by atoms with van der Waals surface area (Å²) in [5.74, 6) is -0.665. The topological polar surface area (TPSA) is 112 Å². The molecule has 8 nitrogen and oxygen atoms in total. The lowest BCUT2D eigenvalue weighted by molar-refractivity contribution is 0.102. The monoisotopic (exact) mass is 543 g/mol. The number of fused-ring (bicyclic) bond motifs is 2. The van der Waals surface area contributed by atoms with Gasteiger partial charge >= 0.3 is 0 Å². The fourth-order valence-electron chi connectivity index (χ4n) is 4.77. The van der Waals surface area contributed by atoms with Crippen LogP contribution in [0.15, 0.2) is 97.5 Å². The maximum Gasteiger partial charge on any atom is 0.255 e. The SMILES string of the molecule is O=C(Nc1cncc(-c2cc3c(-c4nc5c(-c6ccc(F)cc6)ccnc5[nH]4)n[nH]c3cc2F)c1)c1ccccc1. The molecular weight excluding hydrogens is 524 g/mol. The van der Waals surface area contributed by atoms with Gasteiger partial charge in [0.2, 0.25) is 0 Å². The molecule has 4 aromatic heterocycles. The van der Waals surface area contributed by atoms with Crippen LogP contribution in [-0.2, 0) is 0 Å². The molecule has 7 rings (SSSR count). The summed E-state index contributed by atoms with van der Waals surface area (Å²) in [6.45, 7) is 0. The van der Waals surface area contributed by atoms with E-state index >= 15 is 4.39 Å². The second-order valence-electron chi connectivity index (χ2n) is 9.38. The smallest absolute Gasteiger partial charge is 0.255 e. The Kier molecular flexibility index (Phi) is 5.78. The zero-order valence-corrected chi connectivity index (χ0v) is 21.2. The molecule has 41 heavy (non-hydrogen) atoms. The molecule has 3 N–H and O–H groups in total. The van der Waals surface area contributed by atoms with E-state index in [1.165, 1.54) is 30.6 Å². The first-order valence-corrected chi connectivity index (χ1v) is 12.6. The van der Waals surface area contributed by atoms with Gasteiger partial charge in [-0.25, -0.2) is 18.7 Å². The Morgan fingerprint density at radius 1 is 0.854 bits per heavy atom. The summed E-state index contributed by atoms with van der Waals surface area (Å²) < 4.78 is 28.8. The molecule has 0 aliphatic heterocycles. The van der Waals surface area contributed by atoms with E-state index in [1.54, 1.807) is 54.7 Å². The Hall–Kier alpha value is -5.77. The second kappa shape index (κ2) is 9.76. The lowest BCUT2D eigenvalue weighted by Gasteiger charge is -2.08. The first-order chi connectivity index (χ1) is 20.0. The number of hydrogen-bond acceptors (Lipinski definition) is 5. The van der Waals surface area contributed by atoms with Crippen LogP contribution in [0, 0.1) is 11.6 Å². The van der Waals surface area contributed by atoms with Crippen LogP contribution in [-0.4, -0.2) is 36.0 Å². The molecule has 0 fully saturated rings. The molecule has 0 radical (unpaired) electrons. The zero-order valence-electron chi connectivity index (χ0n) is 21.2. The number of halogens is 2. The third-order valence-corrected chi connectivity index (χ3v) is 6.76. The van der Waals surface area contributed by atoms with E-state index in [-0.39, 0.29) is 17.3 Å². The Morgan fingerprint density at radius 2 is 1.68 bits per heavy atom. The highest BCUT2D eigenvalue weighted by atomic mass is 19.1. The summed E-state index contributed by atoms with van der Waals surface area (Å²) in [6.07, 6.45) is 4.68. The van der Waals surface area contributed by atoms with Gasteiger partial charge < -0.3 is 10.3 Å². The van der Waals surface area contributed by atoms with Crippen molar-refractivity contribution in [2.75, 3.05) is 5.32 Å². The number of benzene rings is 3. The minimum Gasteiger partial charge on any atom is -0.321 e. The van der Waals surface area contributed by atoms with Crippen molar-refractivity contribution >= 4 is 33.7 Å². The number of imidazole rings is 1. The van der Waals surface area contributed by atoms with Gasteiger partial charge in [-0.1, -0.05) is 30.3 Å². The normalized spacial score (nSPS) is 11.3. The van der Waals surface area contributed by atoms with Crippen molar-refractivity contribution < 1.29 is 13.6 Å². The molecule has 0 bridgehead atoms. The van der Waals surface area contributed by atoms with Crippen LogP contribution in [0.3, 0.4) is 0 Å². The number of rotatable bonds is 5. The molecule has 4 heterocycles. The first kappa shape index (κ1) is 24.3. The maximum atomic E-state index is 15.3. The largest absolute Gasteiger partial charge is 0.321 e. The standard InChI is InChI=1S/C31H19F2N7O/c32-20-8-6-17(7-9-20)22-10-11-35-29-27(22)37-30(38-29)28-24-13-23(25(33)14-26(24)39-40-28)19-12-21(16-34-15-19)36-31(41)18-4-2-1-3-5-18/h1-16H,(H,36,41)(H,39,40)(H,35,37,38). The van der Waals surface area contributed by atoms with E-state index in [0.29, 0.717) is 50.4 Å². The number of anilines is 1. The number of H-pyrrole nitrogens is 2. The Labute approximate surface area is 231 Å². The molecule has 0 saturated heterocycles. The first-order valence-electron chi connectivity index (χ1n) is 12.6. The molecule has 198 valence electrons. The second-order valence-corrected chi connectivity index (χ2v) is 9.38. The van der Waals surface area contributed by atoms with Gasteiger partial charge in [0.1, 0.15) is 22.8 Å². The van der Waals surface area contributed by atoms with Gasteiger partial charge in [-0.15, -0.1) is 0 Å². The number of aromatic amines is 2. The van der Waals surface area contributed by atoms with Crippen LogP contribution in [0.5, 0.6) is 0 Å². The van der Waals surface area contributed by atoms with E-state index in [0.717, 1.165) is 11.1 Å². The third kappa shape index (κ3) is 4.47. The summed E-state index contributed by atoms with van der Waals surface area (Å²) in [4.78, 5) is 29.2. The van der Waals surface area contributed by atoms with Crippen molar-refractivity contribution in [3.8, 4) is 33.8 Å². The lowest BCUT2D eigenvalue weighted by atomic mass is 10.0. The molecule has 0 saturated carbocycles. The van der Waals surface area contributed by atoms with E-state index in [9.17, 15) is 9.18 Å². The molecule has 1 amide bonds. The molecule has 0 spiro atoms. The fourth-order valence-corrected chi connectivity index (χ4v) is 4.77. The number of nitrogens with one attached hydrogen (secondary N) is 3. The van der Waals surface area contributed by atoms with E-state index in [1.807, 2.05) is 12.1 Å². The molecular formula is C31H19F2N7O. The van der Waals surface area contributed by atoms with Gasteiger partial charge in [0, 0.05) is 46.1 Å². The van der Waals surface area contributed by atoms with Gasteiger partial charge in [0.05, 0.1) is 17.4 Å². The van der Waals surface area contributed by atoms with Crippen molar-refractivity contribution in [3.63, 3.8) is 0 Å². The van der Waals surface area contributed by atoms with Crippen LogP contribution < -0.4 is 5.32 Å². The van der Waals surface area contributed by atoms with E-state index < -0.39 is 5.82 Å². The predicted molar refractivity (Wildman–Crippen MR) is 152 cm³/mol. The summed E-state index contributed by atoms with van der Waals surface area (Å²) in [5.41, 5.74) is 5.35. The predicted octanol–water partition coefficient (Wildman–Crippen LogP) is 6.76. The van der Waals surface area contributed by atoms with Crippen LogP contribution in [0.2, 0.25) is 0 Å². The quantitative estimate of drug-likeness (QED) is 0.222. The number of carbonyl (C=O) groups excluding carboxylic acids is 1. The third-order valence-electron chi connectivity index (χ3n) is 6.76. The zero-order chi connectivity index (χ0) is 27.9. The Balaban J connectivity index is 1.27. The summed E-state index contributed by atoms with van der Waals surface area (Å²) >= 11 is 0. The van der Waals surface area contributed by atoms with Crippen molar-refractivity contribution in [3.05, 3.63) is 115 Å². The number of hydrogen-bond donors (Lipinski definition) is 3. The van der Waals surface area contributed by atoms with Crippen molar-refractivity contribution in [1.29, 1.82) is 0 Å². The summed E-state index contributed by atoms with van der Waals surface area (Å²) in [6, 6.07) is 21.5. The van der Waals surface area contributed by atoms with Crippen molar-refractivity contribution in [2.45, 2.75) is 0 Å². The molecule has 10 heteroatoms. The van der Waals surface area contributed by atoms with Gasteiger partial charge in [-0.3, -0.25) is 14.9 Å². The molecule has 3 aromatic carbocycles. The van der Waals surface area contributed by atoms with Crippen LogP contribution >= 0.6 is 0 Å². The fraction of sp³-hybridized carbons (Fsp3) is 0. The minimum absolute atomic E-state index is 0.282. The highest BCUT2D eigenvalue weighted by Gasteiger charge is 2.19. The molecule has 0 atom stereocenters. The van der Waals surface area contributed by atoms with Crippen LogP contribution in [0.1, 0.15) is 10.4 Å². The maximum absolute atomic E-state index is 15.3. The Bertz CT molecular complexity index is 2070. The van der Waals surface area contributed by atoms with Gasteiger partial charge in [-0.2, -0.15) is 5.10 Å². The number of aromatic nitrogens is 6. The molecule has 0 aliphatic carbocycles. The van der Waals surface area contributed by atoms with E-state index in [2.05, 4.69) is 30.5 Å². The minimum atomic E-state index is -0.481. The van der Waals surface area contributed by atoms with Crippen molar-refractivity contribution in [1.82, 2.24) is 30.1 Å².